The Labute approximate surface area is 187 Å². The minimum Gasteiger partial charge on any atom is -0.450 e. The van der Waals surface area contributed by atoms with E-state index >= 15 is 0 Å². The van der Waals surface area contributed by atoms with Crippen molar-refractivity contribution in [2.75, 3.05) is 13.1 Å². The molecule has 6 heteroatoms. The van der Waals surface area contributed by atoms with Crippen molar-refractivity contribution < 1.29 is 9.21 Å². The van der Waals surface area contributed by atoms with E-state index in [1.165, 1.54) is 6.33 Å². The highest BCUT2D eigenvalue weighted by atomic mass is 16.3. The summed E-state index contributed by atoms with van der Waals surface area (Å²) in [5.74, 6) is 0.604. The highest BCUT2D eigenvalue weighted by molar-refractivity contribution is 5.99. The molecule has 1 aliphatic heterocycles. The first-order valence-corrected chi connectivity index (χ1v) is 10.9. The van der Waals surface area contributed by atoms with Gasteiger partial charge >= 0.3 is 0 Å². The Morgan fingerprint density at radius 3 is 2.59 bits per heavy atom. The zero-order valence-electron chi connectivity index (χ0n) is 18.8. The quantitative estimate of drug-likeness (QED) is 0.453. The third-order valence-corrected chi connectivity index (χ3v) is 6.58. The van der Waals surface area contributed by atoms with Crippen LogP contribution >= 0.6 is 0 Å². The molecule has 5 rings (SSSR count). The molecule has 0 aliphatic carbocycles. The molecule has 4 aromatic rings. The molecule has 4 heterocycles. The molecule has 162 valence electrons. The van der Waals surface area contributed by atoms with E-state index in [0.29, 0.717) is 18.8 Å². The first kappa shape index (κ1) is 20.4. The van der Waals surface area contributed by atoms with Crippen molar-refractivity contribution in [2.24, 2.45) is 0 Å². The Hall–Kier alpha value is -3.54. The van der Waals surface area contributed by atoms with Gasteiger partial charge in [0.05, 0.1) is 0 Å². The molecule has 0 N–H and O–H groups in total. The van der Waals surface area contributed by atoms with Crippen LogP contribution in [0.15, 0.2) is 47.4 Å². The van der Waals surface area contributed by atoms with E-state index in [0.717, 1.165) is 56.6 Å². The molecule has 1 fully saturated rings. The largest absolute Gasteiger partial charge is 0.450 e. The minimum atomic E-state index is -0.0393. The van der Waals surface area contributed by atoms with E-state index in [1.54, 1.807) is 0 Å². The molecular formula is C26H26N4O2. The van der Waals surface area contributed by atoms with Crippen LogP contribution in [0.3, 0.4) is 0 Å². The number of amides is 1. The summed E-state index contributed by atoms with van der Waals surface area (Å²) in [6.45, 7) is 9.39. The number of carbonyl (C=O) groups is 1. The standard InChI is InChI=1S/C26H26N4O2/c1-15-5-6-22-18(4)25(32-24(22)17(15)3)26(31)30-8-7-19(13-30)23-10-20(9-16(2)29-23)21-11-27-14-28-12-21/h5-6,9-12,14,19H,7-8,13H2,1-4H3/t19-/m1/s1. The summed E-state index contributed by atoms with van der Waals surface area (Å²) in [4.78, 5) is 28.3. The summed E-state index contributed by atoms with van der Waals surface area (Å²) in [5, 5.41) is 1.02. The van der Waals surface area contributed by atoms with Gasteiger partial charge in [-0.3, -0.25) is 9.78 Å². The van der Waals surface area contributed by atoms with Crippen LogP contribution < -0.4 is 0 Å². The Bertz CT molecular complexity index is 1330. The number of pyridine rings is 1. The molecule has 32 heavy (non-hydrogen) atoms. The summed E-state index contributed by atoms with van der Waals surface area (Å²) in [5.41, 5.74) is 7.96. The summed E-state index contributed by atoms with van der Waals surface area (Å²) in [7, 11) is 0. The summed E-state index contributed by atoms with van der Waals surface area (Å²) in [6, 6.07) is 8.27. The lowest BCUT2D eigenvalue weighted by Crippen LogP contribution is -2.28. The molecule has 3 aromatic heterocycles. The third kappa shape index (κ3) is 3.45. The lowest BCUT2D eigenvalue weighted by atomic mass is 10.00. The van der Waals surface area contributed by atoms with Crippen LogP contribution in [-0.4, -0.2) is 38.8 Å². The number of hydrogen-bond donors (Lipinski definition) is 0. The van der Waals surface area contributed by atoms with Crippen molar-refractivity contribution in [3.8, 4) is 11.1 Å². The van der Waals surface area contributed by atoms with Crippen LogP contribution in [0, 0.1) is 27.7 Å². The fraction of sp³-hybridized carbons (Fsp3) is 0.308. The minimum absolute atomic E-state index is 0.0393. The number of carbonyl (C=O) groups excluding carboxylic acids is 1. The van der Waals surface area contributed by atoms with Gasteiger partial charge in [-0.2, -0.15) is 0 Å². The van der Waals surface area contributed by atoms with E-state index < -0.39 is 0 Å². The number of nitrogens with zero attached hydrogens (tertiary/aromatic N) is 4. The second-order valence-corrected chi connectivity index (χ2v) is 8.73. The Morgan fingerprint density at radius 2 is 1.81 bits per heavy atom. The maximum Gasteiger partial charge on any atom is 0.289 e. The maximum atomic E-state index is 13.4. The van der Waals surface area contributed by atoms with Crippen LogP contribution in [0.2, 0.25) is 0 Å². The van der Waals surface area contributed by atoms with E-state index in [2.05, 4.69) is 29.0 Å². The molecule has 0 unspecified atom stereocenters. The number of benzene rings is 1. The van der Waals surface area contributed by atoms with E-state index in [-0.39, 0.29) is 11.8 Å². The first-order chi connectivity index (χ1) is 15.4. The van der Waals surface area contributed by atoms with Gasteiger partial charge in [-0.05, 0) is 62.9 Å². The van der Waals surface area contributed by atoms with Crippen molar-refractivity contribution in [3.63, 3.8) is 0 Å². The molecule has 0 spiro atoms. The third-order valence-electron chi connectivity index (χ3n) is 6.58. The summed E-state index contributed by atoms with van der Waals surface area (Å²) >= 11 is 0. The molecule has 1 amide bonds. The molecule has 1 aromatic carbocycles. The van der Waals surface area contributed by atoms with Crippen LogP contribution in [0.1, 0.15) is 51.0 Å². The van der Waals surface area contributed by atoms with Gasteiger partial charge in [0.2, 0.25) is 0 Å². The predicted octanol–water partition coefficient (Wildman–Crippen LogP) is 5.15. The monoisotopic (exact) mass is 426 g/mol. The summed E-state index contributed by atoms with van der Waals surface area (Å²) < 4.78 is 6.10. The van der Waals surface area contributed by atoms with Crippen molar-refractivity contribution in [2.45, 2.75) is 40.0 Å². The van der Waals surface area contributed by atoms with E-state index in [4.69, 9.17) is 9.40 Å². The molecule has 1 aliphatic rings. The van der Waals surface area contributed by atoms with Gasteiger partial charge in [-0.15, -0.1) is 0 Å². The Balaban J connectivity index is 1.41. The molecule has 0 bridgehead atoms. The van der Waals surface area contributed by atoms with Gasteiger partial charge in [0, 0.05) is 59.3 Å². The van der Waals surface area contributed by atoms with Gasteiger partial charge in [-0.1, -0.05) is 12.1 Å². The average Bonchev–Trinajstić information content (AvgIpc) is 3.42. The van der Waals surface area contributed by atoms with Crippen molar-refractivity contribution in [3.05, 3.63) is 76.8 Å². The SMILES string of the molecule is Cc1cc(-c2cncnc2)cc([C@@H]2CCN(C(=O)c3oc4c(C)c(C)ccc4c3C)C2)n1. The highest BCUT2D eigenvalue weighted by Crippen LogP contribution is 2.33. The molecule has 0 saturated carbocycles. The van der Waals surface area contributed by atoms with Gasteiger partial charge < -0.3 is 9.32 Å². The van der Waals surface area contributed by atoms with Gasteiger partial charge in [0.15, 0.2) is 5.76 Å². The van der Waals surface area contributed by atoms with E-state index in [1.807, 2.05) is 50.2 Å². The van der Waals surface area contributed by atoms with Crippen molar-refractivity contribution in [1.29, 1.82) is 0 Å². The van der Waals surface area contributed by atoms with Crippen LogP contribution in [0.4, 0.5) is 0 Å². The Morgan fingerprint density at radius 1 is 1.03 bits per heavy atom. The molecule has 1 atom stereocenters. The lowest BCUT2D eigenvalue weighted by molar-refractivity contribution is 0.0760. The average molecular weight is 427 g/mol. The number of aryl methyl sites for hydroxylation is 4. The predicted molar refractivity (Wildman–Crippen MR) is 124 cm³/mol. The zero-order valence-corrected chi connectivity index (χ0v) is 18.8. The van der Waals surface area contributed by atoms with Gasteiger partial charge in [-0.25, -0.2) is 9.97 Å². The Kier molecular flexibility index (Phi) is 5.00. The second kappa shape index (κ2) is 7.86. The molecule has 0 radical (unpaired) electrons. The van der Waals surface area contributed by atoms with Crippen LogP contribution in [0.25, 0.3) is 22.1 Å². The number of fused-ring (bicyclic) bond motifs is 1. The number of hydrogen-bond acceptors (Lipinski definition) is 5. The highest BCUT2D eigenvalue weighted by Gasteiger charge is 2.32. The van der Waals surface area contributed by atoms with Crippen molar-refractivity contribution in [1.82, 2.24) is 19.9 Å². The summed E-state index contributed by atoms with van der Waals surface area (Å²) in [6.07, 6.45) is 6.03. The smallest absolute Gasteiger partial charge is 0.289 e. The molecule has 1 saturated heterocycles. The zero-order chi connectivity index (χ0) is 22.4. The van der Waals surface area contributed by atoms with Gasteiger partial charge in [0.1, 0.15) is 11.9 Å². The van der Waals surface area contributed by atoms with Crippen LogP contribution in [-0.2, 0) is 0 Å². The number of likely N-dealkylation sites (tertiary alicyclic amines) is 1. The fourth-order valence-corrected chi connectivity index (χ4v) is 4.57. The number of furan rings is 1. The number of aromatic nitrogens is 3. The topological polar surface area (TPSA) is 72.1 Å². The fourth-order valence-electron chi connectivity index (χ4n) is 4.57. The van der Waals surface area contributed by atoms with E-state index in [9.17, 15) is 4.79 Å². The second-order valence-electron chi connectivity index (χ2n) is 8.73. The first-order valence-electron chi connectivity index (χ1n) is 10.9. The van der Waals surface area contributed by atoms with Crippen LogP contribution in [0.5, 0.6) is 0 Å². The molecular weight excluding hydrogens is 400 g/mol. The van der Waals surface area contributed by atoms with Crippen molar-refractivity contribution >= 4 is 16.9 Å². The maximum absolute atomic E-state index is 13.4. The molecule has 6 nitrogen and oxygen atoms in total. The lowest BCUT2D eigenvalue weighted by Gasteiger charge is -2.16. The normalized spacial score (nSPS) is 16.1. The number of rotatable bonds is 3. The van der Waals surface area contributed by atoms with Gasteiger partial charge in [0.25, 0.3) is 5.91 Å².